The summed E-state index contributed by atoms with van der Waals surface area (Å²) in [7, 11) is 0. The highest BCUT2D eigenvalue weighted by Crippen LogP contribution is 2.12. The monoisotopic (exact) mass is 325 g/mol. The van der Waals surface area contributed by atoms with Crippen LogP contribution in [0.3, 0.4) is 0 Å². The Bertz CT molecular complexity index is 801. The summed E-state index contributed by atoms with van der Waals surface area (Å²) in [5, 5.41) is 9.82. The molecule has 2 heterocycles. The Morgan fingerprint density at radius 2 is 1.88 bits per heavy atom. The third-order valence-electron chi connectivity index (χ3n) is 3.43. The van der Waals surface area contributed by atoms with E-state index in [2.05, 4.69) is 25.5 Å². The van der Waals surface area contributed by atoms with Gasteiger partial charge in [-0.25, -0.2) is 9.37 Å². The van der Waals surface area contributed by atoms with Gasteiger partial charge in [-0.3, -0.25) is 14.9 Å². The first-order valence-electron chi connectivity index (χ1n) is 7.53. The van der Waals surface area contributed by atoms with Gasteiger partial charge >= 0.3 is 0 Å². The Balaban J connectivity index is 1.47. The van der Waals surface area contributed by atoms with E-state index in [-0.39, 0.29) is 18.1 Å². The van der Waals surface area contributed by atoms with Crippen LogP contribution < -0.4 is 5.32 Å². The summed E-state index contributed by atoms with van der Waals surface area (Å²) in [5.74, 6) is 0.874. The van der Waals surface area contributed by atoms with Crippen molar-refractivity contribution in [2.75, 3.05) is 6.54 Å². The highest BCUT2D eigenvalue weighted by atomic mass is 19.1. The Kier molecular flexibility index (Phi) is 4.90. The van der Waals surface area contributed by atoms with Gasteiger partial charge in [0.05, 0.1) is 6.42 Å². The molecule has 6 nitrogen and oxygen atoms in total. The maximum Gasteiger partial charge on any atom is 0.224 e. The molecule has 3 rings (SSSR count). The molecular weight excluding hydrogens is 309 g/mol. The summed E-state index contributed by atoms with van der Waals surface area (Å²) >= 11 is 0. The molecule has 7 heteroatoms. The maximum atomic E-state index is 12.8. The molecule has 0 fully saturated rings. The minimum atomic E-state index is -0.311. The molecule has 0 saturated heterocycles. The van der Waals surface area contributed by atoms with E-state index in [0.29, 0.717) is 24.6 Å². The number of amides is 1. The minimum Gasteiger partial charge on any atom is -0.355 e. The second-order valence-electron chi connectivity index (χ2n) is 5.24. The van der Waals surface area contributed by atoms with Crippen LogP contribution >= 0.6 is 0 Å². The van der Waals surface area contributed by atoms with Gasteiger partial charge in [-0.2, -0.15) is 5.10 Å². The highest BCUT2D eigenvalue weighted by molar-refractivity contribution is 5.78. The molecular formula is C17H16FN5O. The lowest BCUT2D eigenvalue weighted by molar-refractivity contribution is -0.120. The van der Waals surface area contributed by atoms with Crippen molar-refractivity contribution in [2.24, 2.45) is 0 Å². The number of carbonyl (C=O) groups is 1. The number of H-pyrrole nitrogens is 1. The topological polar surface area (TPSA) is 83.6 Å². The van der Waals surface area contributed by atoms with Gasteiger partial charge in [-0.15, -0.1) is 0 Å². The van der Waals surface area contributed by atoms with Gasteiger partial charge < -0.3 is 5.32 Å². The fourth-order valence-electron chi connectivity index (χ4n) is 2.21. The van der Waals surface area contributed by atoms with Crippen molar-refractivity contribution >= 4 is 5.91 Å². The van der Waals surface area contributed by atoms with E-state index < -0.39 is 0 Å². The van der Waals surface area contributed by atoms with Crippen molar-refractivity contribution in [2.45, 2.75) is 12.8 Å². The molecule has 1 aromatic carbocycles. The van der Waals surface area contributed by atoms with E-state index in [1.54, 1.807) is 24.5 Å². The number of benzene rings is 1. The Morgan fingerprint density at radius 1 is 1.12 bits per heavy atom. The number of hydrogen-bond acceptors (Lipinski definition) is 4. The van der Waals surface area contributed by atoms with Crippen LogP contribution in [0, 0.1) is 5.82 Å². The zero-order chi connectivity index (χ0) is 16.8. The molecule has 0 atom stereocenters. The van der Waals surface area contributed by atoms with Gasteiger partial charge in [-0.1, -0.05) is 12.1 Å². The molecule has 2 N–H and O–H groups in total. The fraction of sp³-hybridized carbons (Fsp3) is 0.176. The number of nitrogens with zero attached hydrogens (tertiary/aromatic N) is 3. The third kappa shape index (κ3) is 4.22. The van der Waals surface area contributed by atoms with E-state index >= 15 is 0 Å². The average molecular weight is 325 g/mol. The molecule has 0 saturated carbocycles. The summed E-state index contributed by atoms with van der Waals surface area (Å²) in [4.78, 5) is 20.2. The van der Waals surface area contributed by atoms with Gasteiger partial charge in [0.25, 0.3) is 0 Å². The van der Waals surface area contributed by atoms with Crippen molar-refractivity contribution in [3.8, 4) is 11.4 Å². The van der Waals surface area contributed by atoms with Crippen molar-refractivity contribution in [1.29, 1.82) is 0 Å². The molecule has 2 aromatic heterocycles. The molecule has 24 heavy (non-hydrogen) atoms. The predicted molar refractivity (Wildman–Crippen MR) is 86.4 cm³/mol. The summed E-state index contributed by atoms with van der Waals surface area (Å²) < 4.78 is 12.8. The van der Waals surface area contributed by atoms with Crippen LogP contribution in [-0.4, -0.2) is 32.6 Å². The summed E-state index contributed by atoms with van der Waals surface area (Å²) in [6.07, 6.45) is 4.13. The van der Waals surface area contributed by atoms with Gasteiger partial charge in [0.1, 0.15) is 11.6 Å². The predicted octanol–water partition coefficient (Wildman–Crippen LogP) is 1.91. The smallest absolute Gasteiger partial charge is 0.224 e. The molecule has 1 amide bonds. The average Bonchev–Trinajstić information content (AvgIpc) is 3.07. The first kappa shape index (κ1) is 15.8. The molecule has 3 aromatic rings. The molecule has 0 aliphatic carbocycles. The number of rotatable bonds is 6. The van der Waals surface area contributed by atoms with E-state index in [1.165, 1.54) is 12.1 Å². The van der Waals surface area contributed by atoms with E-state index in [9.17, 15) is 9.18 Å². The Morgan fingerprint density at radius 3 is 2.62 bits per heavy atom. The standard InChI is InChI=1S/C17H16FN5O/c18-14-3-1-12(2-4-14)11-16(24)20-10-7-15-21-17(23-22-15)13-5-8-19-9-6-13/h1-6,8-9H,7,10-11H2,(H,20,24)(H,21,22,23). The summed E-state index contributed by atoms with van der Waals surface area (Å²) in [6, 6.07) is 9.56. The van der Waals surface area contributed by atoms with Crippen LogP contribution in [-0.2, 0) is 17.6 Å². The minimum absolute atomic E-state index is 0.115. The molecule has 0 spiro atoms. The lowest BCUT2D eigenvalue weighted by Gasteiger charge is -2.04. The lowest BCUT2D eigenvalue weighted by atomic mass is 10.1. The number of aromatic nitrogens is 4. The first-order chi connectivity index (χ1) is 11.7. The van der Waals surface area contributed by atoms with Crippen molar-refractivity contribution < 1.29 is 9.18 Å². The summed E-state index contributed by atoms with van der Waals surface area (Å²) in [5.41, 5.74) is 1.65. The Labute approximate surface area is 138 Å². The number of carbonyl (C=O) groups excluding carboxylic acids is 1. The van der Waals surface area contributed by atoms with Crippen LogP contribution in [0.15, 0.2) is 48.8 Å². The highest BCUT2D eigenvalue weighted by Gasteiger charge is 2.07. The van der Waals surface area contributed by atoms with Crippen molar-refractivity contribution in [3.05, 3.63) is 66.0 Å². The molecule has 0 unspecified atom stereocenters. The summed E-state index contributed by atoms with van der Waals surface area (Å²) in [6.45, 7) is 0.449. The van der Waals surface area contributed by atoms with Crippen LogP contribution in [0.5, 0.6) is 0 Å². The van der Waals surface area contributed by atoms with Gasteiger partial charge in [0.15, 0.2) is 5.82 Å². The van der Waals surface area contributed by atoms with Crippen LogP contribution in [0.2, 0.25) is 0 Å². The molecule has 0 radical (unpaired) electrons. The SMILES string of the molecule is O=C(Cc1ccc(F)cc1)NCCc1nc(-c2ccncc2)n[nH]1. The van der Waals surface area contributed by atoms with E-state index in [0.717, 1.165) is 11.1 Å². The van der Waals surface area contributed by atoms with Crippen molar-refractivity contribution in [3.63, 3.8) is 0 Å². The van der Waals surface area contributed by atoms with Gasteiger partial charge in [0, 0.05) is 30.9 Å². The Hall–Kier alpha value is -3.09. The number of pyridine rings is 1. The maximum absolute atomic E-state index is 12.8. The van der Waals surface area contributed by atoms with E-state index in [1.807, 2.05) is 12.1 Å². The van der Waals surface area contributed by atoms with Crippen LogP contribution in [0.4, 0.5) is 4.39 Å². The molecule has 0 aliphatic heterocycles. The molecule has 122 valence electrons. The number of halogens is 1. The molecule has 0 bridgehead atoms. The normalized spacial score (nSPS) is 10.5. The second-order valence-corrected chi connectivity index (χ2v) is 5.24. The lowest BCUT2D eigenvalue weighted by Crippen LogP contribution is -2.27. The fourth-order valence-corrected chi connectivity index (χ4v) is 2.21. The first-order valence-corrected chi connectivity index (χ1v) is 7.53. The number of hydrogen-bond donors (Lipinski definition) is 2. The number of nitrogens with one attached hydrogen (secondary N) is 2. The zero-order valence-electron chi connectivity index (χ0n) is 12.9. The molecule has 0 aliphatic rings. The quantitative estimate of drug-likeness (QED) is 0.725. The van der Waals surface area contributed by atoms with E-state index in [4.69, 9.17) is 0 Å². The van der Waals surface area contributed by atoms with Gasteiger partial charge in [0.2, 0.25) is 5.91 Å². The zero-order valence-corrected chi connectivity index (χ0v) is 12.9. The second kappa shape index (κ2) is 7.45. The van der Waals surface area contributed by atoms with Gasteiger partial charge in [-0.05, 0) is 29.8 Å². The van der Waals surface area contributed by atoms with Crippen LogP contribution in [0.1, 0.15) is 11.4 Å². The third-order valence-corrected chi connectivity index (χ3v) is 3.43. The van der Waals surface area contributed by atoms with Crippen molar-refractivity contribution in [1.82, 2.24) is 25.5 Å². The number of aromatic amines is 1. The van der Waals surface area contributed by atoms with Crippen LogP contribution in [0.25, 0.3) is 11.4 Å². The largest absolute Gasteiger partial charge is 0.355 e.